The number of anilines is 2. The molecule has 0 bridgehead atoms. The largest absolute Gasteiger partial charge is 0.465 e. The van der Waals surface area contributed by atoms with E-state index in [1.165, 1.54) is 19.2 Å². The molecule has 0 spiro atoms. The number of carbonyl (C=O) groups is 1. The van der Waals surface area contributed by atoms with E-state index in [4.69, 9.17) is 21.1 Å². The summed E-state index contributed by atoms with van der Waals surface area (Å²) in [5.41, 5.74) is 0.879. The van der Waals surface area contributed by atoms with Gasteiger partial charge in [-0.1, -0.05) is 11.6 Å². The molecule has 150 valence electrons. The fourth-order valence-electron chi connectivity index (χ4n) is 2.89. The molecular formula is C19H21ClN2O5S. The summed E-state index contributed by atoms with van der Waals surface area (Å²) in [6.07, 6.45) is 1.93. The number of hydrogen-bond acceptors (Lipinski definition) is 6. The van der Waals surface area contributed by atoms with Crippen molar-refractivity contribution in [1.29, 1.82) is 0 Å². The molecule has 3 rings (SSSR count). The molecule has 0 aromatic heterocycles. The first kappa shape index (κ1) is 20.4. The molecule has 9 heteroatoms. The SMILES string of the molecule is COC(=O)c1ccc(NC[C@@H]2CCCO2)c(S(=O)(=O)Nc2ccc(Cl)cc2)c1. The topological polar surface area (TPSA) is 93.7 Å². The molecule has 2 aromatic carbocycles. The van der Waals surface area contributed by atoms with Crippen LogP contribution in [0.3, 0.4) is 0 Å². The molecule has 0 radical (unpaired) electrons. The third-order valence-corrected chi connectivity index (χ3v) is 6.01. The van der Waals surface area contributed by atoms with Gasteiger partial charge in [0, 0.05) is 23.9 Å². The standard InChI is InChI=1S/C19H21ClN2O5S/c1-26-19(23)13-4-9-17(21-12-16-3-2-10-27-16)18(11-13)28(24,25)22-15-7-5-14(20)6-8-15/h4-9,11,16,21-22H,2-3,10,12H2,1H3/t16-/m0/s1. The summed E-state index contributed by atoms with van der Waals surface area (Å²) in [5, 5.41) is 3.62. The highest BCUT2D eigenvalue weighted by Crippen LogP contribution is 2.27. The fraction of sp³-hybridized carbons (Fsp3) is 0.316. The second-order valence-corrected chi connectivity index (χ2v) is 8.42. The predicted octanol–water partition coefficient (Wildman–Crippen LogP) is 3.52. The number of sulfonamides is 1. The van der Waals surface area contributed by atoms with Crippen molar-refractivity contribution in [3.63, 3.8) is 0 Å². The minimum absolute atomic E-state index is 0.0278. The van der Waals surface area contributed by atoms with Gasteiger partial charge in [-0.15, -0.1) is 0 Å². The summed E-state index contributed by atoms with van der Waals surface area (Å²) in [4.78, 5) is 11.8. The van der Waals surface area contributed by atoms with E-state index in [1.54, 1.807) is 30.3 Å². The first-order chi connectivity index (χ1) is 13.4. The lowest BCUT2D eigenvalue weighted by Crippen LogP contribution is -2.21. The minimum atomic E-state index is -3.97. The van der Waals surface area contributed by atoms with Crippen LogP contribution < -0.4 is 10.0 Å². The van der Waals surface area contributed by atoms with E-state index < -0.39 is 16.0 Å². The van der Waals surface area contributed by atoms with E-state index in [2.05, 4.69) is 10.0 Å². The second kappa shape index (κ2) is 8.81. The number of halogens is 1. The summed E-state index contributed by atoms with van der Waals surface area (Å²) in [5.74, 6) is -0.617. The zero-order valence-corrected chi connectivity index (χ0v) is 16.8. The number of benzene rings is 2. The van der Waals surface area contributed by atoms with Gasteiger partial charge in [-0.05, 0) is 55.3 Å². The Hall–Kier alpha value is -2.29. The molecule has 0 unspecified atom stereocenters. The Bertz CT molecular complexity index is 941. The number of hydrogen-bond donors (Lipinski definition) is 2. The lowest BCUT2D eigenvalue weighted by Gasteiger charge is -2.17. The van der Waals surface area contributed by atoms with Gasteiger partial charge in [0.1, 0.15) is 4.90 Å². The van der Waals surface area contributed by atoms with Crippen LogP contribution in [0.5, 0.6) is 0 Å². The molecule has 28 heavy (non-hydrogen) atoms. The summed E-state index contributed by atoms with van der Waals surface area (Å²) in [7, 11) is -2.73. The summed E-state index contributed by atoms with van der Waals surface area (Å²) in [6.45, 7) is 1.18. The Morgan fingerprint density at radius 1 is 1.25 bits per heavy atom. The number of carbonyl (C=O) groups excluding carboxylic acids is 1. The van der Waals surface area contributed by atoms with Crippen molar-refractivity contribution in [2.24, 2.45) is 0 Å². The molecule has 2 aromatic rings. The van der Waals surface area contributed by atoms with Gasteiger partial charge in [0.05, 0.1) is 24.5 Å². The van der Waals surface area contributed by atoms with Crippen molar-refractivity contribution in [2.75, 3.05) is 30.3 Å². The molecule has 1 aliphatic rings. The Morgan fingerprint density at radius 3 is 2.64 bits per heavy atom. The van der Waals surface area contributed by atoms with Gasteiger partial charge < -0.3 is 14.8 Å². The van der Waals surface area contributed by atoms with E-state index >= 15 is 0 Å². The number of nitrogens with one attached hydrogen (secondary N) is 2. The molecular weight excluding hydrogens is 404 g/mol. The predicted molar refractivity (Wildman–Crippen MR) is 108 cm³/mol. The van der Waals surface area contributed by atoms with Crippen LogP contribution in [0.2, 0.25) is 5.02 Å². The normalized spacial score (nSPS) is 16.6. The second-order valence-electron chi connectivity index (χ2n) is 6.33. The smallest absolute Gasteiger partial charge is 0.337 e. The third kappa shape index (κ3) is 4.95. The van der Waals surface area contributed by atoms with Crippen LogP contribution in [0.4, 0.5) is 11.4 Å². The molecule has 0 aliphatic carbocycles. The first-order valence-electron chi connectivity index (χ1n) is 8.75. The highest BCUT2D eigenvalue weighted by molar-refractivity contribution is 7.92. The number of rotatable bonds is 7. The molecule has 2 N–H and O–H groups in total. The minimum Gasteiger partial charge on any atom is -0.465 e. The Kier molecular flexibility index (Phi) is 6.43. The first-order valence-corrected chi connectivity index (χ1v) is 10.6. The Labute approximate surface area is 169 Å². The van der Waals surface area contributed by atoms with E-state index in [-0.39, 0.29) is 16.6 Å². The van der Waals surface area contributed by atoms with E-state index in [0.29, 0.717) is 29.5 Å². The average molecular weight is 425 g/mol. The Morgan fingerprint density at radius 2 is 2.00 bits per heavy atom. The van der Waals surface area contributed by atoms with Gasteiger partial charge in [-0.2, -0.15) is 0 Å². The summed E-state index contributed by atoms with van der Waals surface area (Å²) < 4.78 is 38.8. The lowest BCUT2D eigenvalue weighted by molar-refractivity contribution is 0.0600. The number of methoxy groups -OCH3 is 1. The molecule has 7 nitrogen and oxygen atoms in total. The molecule has 1 fully saturated rings. The lowest BCUT2D eigenvalue weighted by atomic mass is 10.2. The van der Waals surface area contributed by atoms with Crippen molar-refractivity contribution in [1.82, 2.24) is 0 Å². The van der Waals surface area contributed by atoms with Crippen molar-refractivity contribution >= 4 is 39.0 Å². The van der Waals surface area contributed by atoms with Crippen LogP contribution in [0.1, 0.15) is 23.2 Å². The van der Waals surface area contributed by atoms with Gasteiger partial charge in [0.2, 0.25) is 0 Å². The molecule has 1 saturated heterocycles. The van der Waals surface area contributed by atoms with Crippen LogP contribution in [-0.2, 0) is 19.5 Å². The van der Waals surface area contributed by atoms with Crippen LogP contribution >= 0.6 is 11.6 Å². The quantitative estimate of drug-likeness (QED) is 0.660. The number of esters is 1. The van der Waals surface area contributed by atoms with Crippen molar-refractivity contribution in [3.05, 3.63) is 53.1 Å². The van der Waals surface area contributed by atoms with E-state index in [0.717, 1.165) is 12.8 Å². The van der Waals surface area contributed by atoms with Crippen LogP contribution in [0.15, 0.2) is 47.4 Å². The van der Waals surface area contributed by atoms with E-state index in [1.807, 2.05) is 0 Å². The van der Waals surface area contributed by atoms with E-state index in [9.17, 15) is 13.2 Å². The molecule has 0 saturated carbocycles. The van der Waals surface area contributed by atoms with Gasteiger partial charge in [-0.25, -0.2) is 13.2 Å². The van der Waals surface area contributed by atoms with Gasteiger partial charge >= 0.3 is 5.97 Å². The average Bonchev–Trinajstić information content (AvgIpc) is 3.21. The molecule has 1 aliphatic heterocycles. The molecule has 0 amide bonds. The highest BCUT2D eigenvalue weighted by atomic mass is 35.5. The highest BCUT2D eigenvalue weighted by Gasteiger charge is 2.23. The number of ether oxygens (including phenoxy) is 2. The molecule has 1 heterocycles. The van der Waals surface area contributed by atoms with Gasteiger partial charge in [0.25, 0.3) is 10.0 Å². The van der Waals surface area contributed by atoms with Crippen molar-refractivity contribution in [2.45, 2.75) is 23.8 Å². The maximum atomic E-state index is 13.0. The third-order valence-electron chi connectivity index (χ3n) is 4.33. The van der Waals surface area contributed by atoms with Crippen molar-refractivity contribution in [3.8, 4) is 0 Å². The van der Waals surface area contributed by atoms with Gasteiger partial charge in [-0.3, -0.25) is 4.72 Å². The van der Waals surface area contributed by atoms with Crippen LogP contribution in [0.25, 0.3) is 0 Å². The van der Waals surface area contributed by atoms with Gasteiger partial charge in [0.15, 0.2) is 0 Å². The summed E-state index contributed by atoms with van der Waals surface area (Å²) in [6, 6.07) is 10.7. The zero-order chi connectivity index (χ0) is 20.1. The van der Waals surface area contributed by atoms with Crippen LogP contribution in [0, 0.1) is 0 Å². The fourth-order valence-corrected chi connectivity index (χ4v) is 4.29. The zero-order valence-electron chi connectivity index (χ0n) is 15.3. The van der Waals surface area contributed by atoms with Crippen LogP contribution in [-0.4, -0.2) is 40.8 Å². The monoisotopic (exact) mass is 424 g/mol. The maximum Gasteiger partial charge on any atom is 0.337 e. The Balaban J connectivity index is 1.91. The summed E-state index contributed by atoms with van der Waals surface area (Å²) >= 11 is 5.85. The molecule has 1 atom stereocenters. The maximum absolute atomic E-state index is 13.0. The van der Waals surface area contributed by atoms with Crippen molar-refractivity contribution < 1.29 is 22.7 Å².